The van der Waals surface area contributed by atoms with Gasteiger partial charge in [-0.05, 0) is 25.1 Å². The van der Waals surface area contributed by atoms with Crippen LogP contribution in [-0.2, 0) is 14.8 Å². The van der Waals surface area contributed by atoms with Crippen LogP contribution in [0.2, 0.25) is 0 Å². The number of aromatic nitrogens is 1. The van der Waals surface area contributed by atoms with E-state index in [1.54, 1.807) is 24.3 Å². The molecule has 2 aromatic rings. The average Bonchev–Trinajstić information content (AvgIpc) is 2.90. The maximum Gasteiger partial charge on any atom is 0.357 e. The number of esters is 1. The van der Waals surface area contributed by atoms with Crippen LogP contribution in [0.15, 0.2) is 35.4 Å². The predicted octanol–water partition coefficient (Wildman–Crippen LogP) is 1.43. The quantitative estimate of drug-likeness (QED) is 0.804. The van der Waals surface area contributed by atoms with E-state index < -0.39 is 16.0 Å². The SMILES string of the molecule is COC(=O)c1nccc2c(S(=O)(=O)N3CCCNCC3)cccc12.Cl. The molecule has 0 aliphatic carbocycles. The van der Waals surface area contributed by atoms with Crippen LogP contribution in [0, 0.1) is 0 Å². The molecular formula is C16H20ClN3O4S. The average molecular weight is 386 g/mol. The van der Waals surface area contributed by atoms with Crippen LogP contribution in [0.25, 0.3) is 10.8 Å². The normalized spacial score (nSPS) is 16.0. The summed E-state index contributed by atoms with van der Waals surface area (Å²) in [5, 5.41) is 4.14. The number of carbonyl (C=O) groups is 1. The van der Waals surface area contributed by atoms with Gasteiger partial charge in [0, 0.05) is 36.6 Å². The molecule has 1 fully saturated rings. The number of nitrogens with one attached hydrogen (secondary N) is 1. The lowest BCUT2D eigenvalue weighted by Crippen LogP contribution is -2.34. The molecule has 0 unspecified atom stereocenters. The van der Waals surface area contributed by atoms with Crippen molar-refractivity contribution in [3.63, 3.8) is 0 Å². The molecule has 1 saturated heterocycles. The number of sulfonamides is 1. The molecular weight excluding hydrogens is 366 g/mol. The molecule has 1 aromatic heterocycles. The smallest absolute Gasteiger partial charge is 0.357 e. The molecule has 1 N–H and O–H groups in total. The second-order valence-corrected chi connectivity index (χ2v) is 7.42. The molecule has 0 bridgehead atoms. The van der Waals surface area contributed by atoms with Crippen LogP contribution in [0.4, 0.5) is 0 Å². The first-order chi connectivity index (χ1) is 11.6. The molecule has 1 aliphatic heterocycles. The van der Waals surface area contributed by atoms with Gasteiger partial charge in [-0.2, -0.15) is 4.31 Å². The Morgan fingerprint density at radius 2 is 2.00 bits per heavy atom. The summed E-state index contributed by atoms with van der Waals surface area (Å²) in [7, 11) is -2.38. The molecule has 0 saturated carbocycles. The number of halogens is 1. The molecule has 9 heteroatoms. The molecule has 7 nitrogen and oxygen atoms in total. The first-order valence-corrected chi connectivity index (χ1v) is 9.16. The standard InChI is InChI=1S/C16H19N3O4S.ClH/c1-23-16(20)15-13-4-2-5-14(12(13)6-8-18-15)24(21,22)19-10-3-7-17-9-11-19;/h2,4-6,8,17H,3,7,9-11H2,1H3;1H. The van der Waals surface area contributed by atoms with Crippen molar-refractivity contribution in [2.45, 2.75) is 11.3 Å². The molecule has 0 amide bonds. The molecule has 0 spiro atoms. The Morgan fingerprint density at radius 3 is 2.76 bits per heavy atom. The van der Waals surface area contributed by atoms with Crippen LogP contribution in [0.3, 0.4) is 0 Å². The fourth-order valence-electron chi connectivity index (χ4n) is 2.86. The number of benzene rings is 1. The Bertz CT molecular complexity index is 865. The highest BCUT2D eigenvalue weighted by Gasteiger charge is 2.27. The third-order valence-corrected chi connectivity index (χ3v) is 6.02. The van der Waals surface area contributed by atoms with Gasteiger partial charge in [0.2, 0.25) is 10.0 Å². The van der Waals surface area contributed by atoms with E-state index >= 15 is 0 Å². The zero-order valence-corrected chi connectivity index (χ0v) is 15.4. The van der Waals surface area contributed by atoms with Crippen LogP contribution >= 0.6 is 12.4 Å². The van der Waals surface area contributed by atoms with Gasteiger partial charge in [-0.1, -0.05) is 12.1 Å². The van der Waals surface area contributed by atoms with E-state index in [0.29, 0.717) is 30.4 Å². The topological polar surface area (TPSA) is 88.6 Å². The van der Waals surface area contributed by atoms with Crippen molar-refractivity contribution in [1.82, 2.24) is 14.6 Å². The Labute approximate surface area is 152 Å². The van der Waals surface area contributed by atoms with Gasteiger partial charge in [0.1, 0.15) is 0 Å². The summed E-state index contributed by atoms with van der Waals surface area (Å²) in [5.74, 6) is -0.589. The number of pyridine rings is 1. The molecule has 0 radical (unpaired) electrons. The van der Waals surface area contributed by atoms with E-state index in [0.717, 1.165) is 13.0 Å². The summed E-state index contributed by atoms with van der Waals surface area (Å²) < 4.78 is 32.4. The predicted molar refractivity (Wildman–Crippen MR) is 96.6 cm³/mol. The molecule has 25 heavy (non-hydrogen) atoms. The van der Waals surface area contributed by atoms with E-state index in [1.165, 1.54) is 17.6 Å². The van der Waals surface area contributed by atoms with Gasteiger partial charge in [-0.15, -0.1) is 12.4 Å². The number of rotatable bonds is 3. The van der Waals surface area contributed by atoms with Gasteiger partial charge in [-0.25, -0.2) is 18.2 Å². The largest absolute Gasteiger partial charge is 0.464 e. The molecule has 0 atom stereocenters. The van der Waals surface area contributed by atoms with Crippen LogP contribution in [0.1, 0.15) is 16.9 Å². The number of hydrogen-bond acceptors (Lipinski definition) is 6. The summed E-state index contributed by atoms with van der Waals surface area (Å²) in [6.45, 7) is 2.32. The summed E-state index contributed by atoms with van der Waals surface area (Å²) in [4.78, 5) is 16.1. The van der Waals surface area contributed by atoms with Gasteiger partial charge in [0.25, 0.3) is 0 Å². The lowest BCUT2D eigenvalue weighted by atomic mass is 10.1. The zero-order valence-electron chi connectivity index (χ0n) is 13.8. The fraction of sp³-hybridized carbons (Fsp3) is 0.375. The Morgan fingerprint density at radius 1 is 1.20 bits per heavy atom. The van der Waals surface area contributed by atoms with Gasteiger partial charge >= 0.3 is 5.97 Å². The maximum absolute atomic E-state index is 13.1. The highest BCUT2D eigenvalue weighted by atomic mass is 35.5. The lowest BCUT2D eigenvalue weighted by molar-refractivity contribution is 0.0596. The lowest BCUT2D eigenvalue weighted by Gasteiger charge is -2.20. The third-order valence-electron chi connectivity index (χ3n) is 4.06. The number of ether oxygens (including phenoxy) is 1. The van der Waals surface area contributed by atoms with Gasteiger partial charge in [0.05, 0.1) is 12.0 Å². The number of carbonyl (C=O) groups excluding carboxylic acids is 1. The Balaban J connectivity index is 0.00000225. The Kier molecular flexibility index (Phi) is 6.34. The minimum Gasteiger partial charge on any atom is -0.464 e. The second kappa shape index (κ2) is 8.09. The van der Waals surface area contributed by atoms with E-state index in [1.807, 2.05) is 0 Å². The number of fused-ring (bicyclic) bond motifs is 1. The fourth-order valence-corrected chi connectivity index (χ4v) is 4.55. The van der Waals surface area contributed by atoms with Crippen LogP contribution in [-0.4, -0.2) is 57.0 Å². The molecule has 136 valence electrons. The van der Waals surface area contributed by atoms with Crippen molar-refractivity contribution in [3.05, 3.63) is 36.2 Å². The van der Waals surface area contributed by atoms with Gasteiger partial charge < -0.3 is 10.1 Å². The Hall–Kier alpha value is -1.74. The third kappa shape index (κ3) is 3.77. The van der Waals surface area contributed by atoms with Crippen molar-refractivity contribution < 1.29 is 17.9 Å². The van der Waals surface area contributed by atoms with Gasteiger partial charge in [-0.3, -0.25) is 0 Å². The van der Waals surface area contributed by atoms with Crippen LogP contribution < -0.4 is 5.32 Å². The minimum atomic E-state index is -3.65. The van der Waals surface area contributed by atoms with Gasteiger partial charge in [0.15, 0.2) is 5.69 Å². The minimum absolute atomic E-state index is 0. The summed E-state index contributed by atoms with van der Waals surface area (Å²) >= 11 is 0. The monoisotopic (exact) mass is 385 g/mol. The van der Waals surface area contributed by atoms with Crippen molar-refractivity contribution in [2.75, 3.05) is 33.3 Å². The first kappa shape index (κ1) is 19.6. The van der Waals surface area contributed by atoms with E-state index in [-0.39, 0.29) is 23.0 Å². The highest BCUT2D eigenvalue weighted by molar-refractivity contribution is 7.89. The molecule has 3 rings (SSSR count). The summed E-state index contributed by atoms with van der Waals surface area (Å²) in [6.07, 6.45) is 2.19. The zero-order chi connectivity index (χ0) is 17.2. The number of nitrogens with zero attached hydrogens (tertiary/aromatic N) is 2. The number of hydrogen-bond donors (Lipinski definition) is 1. The van der Waals surface area contributed by atoms with Crippen molar-refractivity contribution in [3.8, 4) is 0 Å². The van der Waals surface area contributed by atoms with Crippen molar-refractivity contribution in [2.24, 2.45) is 0 Å². The molecule has 1 aromatic carbocycles. The summed E-state index contributed by atoms with van der Waals surface area (Å²) in [5.41, 5.74) is 0.115. The van der Waals surface area contributed by atoms with E-state index in [4.69, 9.17) is 4.74 Å². The van der Waals surface area contributed by atoms with Crippen LogP contribution in [0.5, 0.6) is 0 Å². The maximum atomic E-state index is 13.1. The van der Waals surface area contributed by atoms with E-state index in [9.17, 15) is 13.2 Å². The molecule has 1 aliphatic rings. The number of methoxy groups -OCH3 is 1. The van der Waals surface area contributed by atoms with Crippen molar-refractivity contribution in [1.29, 1.82) is 0 Å². The van der Waals surface area contributed by atoms with E-state index in [2.05, 4.69) is 10.3 Å². The highest BCUT2D eigenvalue weighted by Crippen LogP contribution is 2.27. The molecule has 2 heterocycles. The first-order valence-electron chi connectivity index (χ1n) is 7.72. The second-order valence-electron chi connectivity index (χ2n) is 5.51. The van der Waals surface area contributed by atoms with Crippen molar-refractivity contribution >= 4 is 39.2 Å². The summed E-state index contributed by atoms with van der Waals surface area (Å²) in [6, 6.07) is 6.48.